The first-order valence-electron chi connectivity index (χ1n) is 18.8. The van der Waals surface area contributed by atoms with Gasteiger partial charge in [0.25, 0.3) is 11.8 Å². The normalized spacial score (nSPS) is 19.0. The number of hydrogen-bond donors (Lipinski definition) is 0. The number of carbonyl (C=O) groups excluding carboxylic acids is 2. The van der Waals surface area contributed by atoms with E-state index in [0.29, 0.717) is 33.9 Å². The summed E-state index contributed by atoms with van der Waals surface area (Å²) in [5.41, 5.74) is 6.29. The maximum Gasteiger partial charge on any atom is 0.260 e. The van der Waals surface area contributed by atoms with Crippen LogP contribution < -0.4 is 0 Å². The number of benzene rings is 7. The standard InChI is InChI=1S/C50H37N4O2/c55-49(39-28-15-5-16-29-39)53-45(37-24-11-3-12-25-37)43(35-20-7-1-8-21-35)51-47(53)41-32-19-33-42(34-41)48-52-44(36-22-9-2-10-23-36)46(38-26-13-4-14-27-38)54(48)50(56)40-30-17-6-18-31-40/h1-33,43-46H/t43-,44-,45-,46-/m0/s1. The molecule has 2 aliphatic heterocycles. The van der Waals surface area contributed by atoms with Crippen molar-refractivity contribution >= 4 is 23.5 Å². The van der Waals surface area contributed by atoms with Crippen molar-refractivity contribution in [3.63, 3.8) is 0 Å². The molecular formula is C50H37N4O2. The molecule has 0 fully saturated rings. The Morgan fingerprint density at radius 2 is 0.679 bits per heavy atom. The lowest BCUT2D eigenvalue weighted by atomic mass is 9.93. The van der Waals surface area contributed by atoms with Crippen molar-refractivity contribution in [2.75, 3.05) is 0 Å². The summed E-state index contributed by atoms with van der Waals surface area (Å²) >= 11 is 0. The Balaban J connectivity index is 1.22. The summed E-state index contributed by atoms with van der Waals surface area (Å²) in [6, 6.07) is 66.9. The Bertz CT molecular complexity index is 2350. The molecule has 6 nitrogen and oxygen atoms in total. The van der Waals surface area contributed by atoms with Crippen molar-refractivity contribution in [2.24, 2.45) is 9.98 Å². The van der Waals surface area contributed by atoms with E-state index in [1.54, 1.807) is 0 Å². The van der Waals surface area contributed by atoms with Crippen LogP contribution in [0.25, 0.3) is 0 Å². The van der Waals surface area contributed by atoms with E-state index in [1.807, 2.05) is 161 Å². The van der Waals surface area contributed by atoms with Crippen LogP contribution in [0.4, 0.5) is 0 Å². The van der Waals surface area contributed by atoms with Crippen molar-refractivity contribution in [3.05, 3.63) is 251 Å². The molecule has 1 radical (unpaired) electrons. The first kappa shape index (κ1) is 34.6. The lowest BCUT2D eigenvalue weighted by molar-refractivity contribution is 0.0797. The molecule has 0 unspecified atom stereocenters. The van der Waals surface area contributed by atoms with E-state index in [2.05, 4.69) is 54.6 Å². The Labute approximate surface area is 326 Å². The van der Waals surface area contributed by atoms with Gasteiger partial charge in [-0.25, -0.2) is 0 Å². The van der Waals surface area contributed by atoms with E-state index in [9.17, 15) is 9.59 Å². The third kappa shape index (κ3) is 6.52. The minimum Gasteiger partial charge on any atom is -0.282 e. The van der Waals surface area contributed by atoms with E-state index in [0.717, 1.165) is 22.3 Å². The first-order valence-corrected chi connectivity index (χ1v) is 18.8. The minimum atomic E-state index is -0.428. The van der Waals surface area contributed by atoms with Gasteiger partial charge in [0, 0.05) is 28.3 Å². The highest BCUT2D eigenvalue weighted by Gasteiger charge is 2.45. The molecule has 9 rings (SSSR count). The monoisotopic (exact) mass is 725 g/mol. The Kier molecular flexibility index (Phi) is 9.44. The van der Waals surface area contributed by atoms with Gasteiger partial charge in [-0.1, -0.05) is 176 Å². The zero-order valence-corrected chi connectivity index (χ0v) is 30.5. The number of nitrogens with zero attached hydrogens (tertiary/aromatic N) is 4. The number of rotatable bonds is 8. The fourth-order valence-electron chi connectivity index (χ4n) is 7.87. The molecule has 0 aromatic heterocycles. The van der Waals surface area contributed by atoms with Crippen LogP contribution >= 0.6 is 0 Å². The van der Waals surface area contributed by atoms with Crippen LogP contribution in [0.2, 0.25) is 0 Å². The van der Waals surface area contributed by atoms with E-state index in [4.69, 9.17) is 9.98 Å². The maximum atomic E-state index is 14.8. The second-order valence-corrected chi connectivity index (χ2v) is 13.9. The third-order valence-electron chi connectivity index (χ3n) is 10.5. The number of amides is 2. The van der Waals surface area contributed by atoms with Gasteiger partial charge in [-0.15, -0.1) is 0 Å². The van der Waals surface area contributed by atoms with Crippen LogP contribution in [0.3, 0.4) is 0 Å². The number of aliphatic imine (C=N–C) groups is 2. The van der Waals surface area contributed by atoms with E-state index in [-0.39, 0.29) is 23.9 Å². The predicted octanol–water partition coefficient (Wildman–Crippen LogP) is 10.3. The quantitative estimate of drug-likeness (QED) is 0.157. The van der Waals surface area contributed by atoms with Crippen LogP contribution in [0, 0.1) is 6.07 Å². The number of carbonyl (C=O) groups is 2. The molecular weight excluding hydrogens is 689 g/mol. The van der Waals surface area contributed by atoms with Gasteiger partial charge < -0.3 is 0 Å². The third-order valence-corrected chi connectivity index (χ3v) is 10.5. The van der Waals surface area contributed by atoms with Gasteiger partial charge >= 0.3 is 0 Å². The van der Waals surface area contributed by atoms with Crippen molar-refractivity contribution in [2.45, 2.75) is 24.2 Å². The smallest absolute Gasteiger partial charge is 0.260 e. The summed E-state index contributed by atoms with van der Waals surface area (Å²) in [5, 5.41) is 0. The molecule has 6 heteroatoms. The van der Waals surface area contributed by atoms with E-state index in [1.165, 1.54) is 0 Å². The summed E-state index contributed by atoms with van der Waals surface area (Å²) in [4.78, 5) is 44.0. The van der Waals surface area contributed by atoms with Gasteiger partial charge in [0.05, 0.1) is 12.1 Å². The average molecular weight is 726 g/mol. The summed E-state index contributed by atoms with van der Waals surface area (Å²) in [7, 11) is 0. The maximum absolute atomic E-state index is 14.8. The lowest BCUT2D eigenvalue weighted by Gasteiger charge is -2.30. The fraction of sp³-hybridized carbons (Fsp3) is 0.0800. The summed E-state index contributed by atoms with van der Waals surface area (Å²) in [5.74, 6) is 0.676. The molecule has 0 saturated carbocycles. The molecule has 0 saturated heterocycles. The van der Waals surface area contributed by atoms with Gasteiger partial charge in [-0.2, -0.15) is 0 Å². The second-order valence-electron chi connectivity index (χ2n) is 13.9. The molecule has 2 heterocycles. The molecule has 0 aliphatic carbocycles. The van der Waals surface area contributed by atoms with Crippen molar-refractivity contribution in [1.29, 1.82) is 0 Å². The minimum absolute atomic E-state index is 0.164. The van der Waals surface area contributed by atoms with Gasteiger partial charge in [-0.05, 0) is 46.5 Å². The molecule has 2 aliphatic rings. The summed E-state index contributed by atoms with van der Waals surface area (Å²) < 4.78 is 0. The molecule has 56 heavy (non-hydrogen) atoms. The summed E-state index contributed by atoms with van der Waals surface area (Å²) in [6.07, 6.45) is 0. The van der Waals surface area contributed by atoms with Crippen molar-refractivity contribution in [1.82, 2.24) is 9.80 Å². The zero-order valence-electron chi connectivity index (χ0n) is 30.5. The average Bonchev–Trinajstić information content (AvgIpc) is 3.89. The highest BCUT2D eigenvalue weighted by Crippen LogP contribution is 2.46. The first-order chi connectivity index (χ1) is 27.7. The molecule has 0 bridgehead atoms. The number of amidine groups is 2. The fourth-order valence-corrected chi connectivity index (χ4v) is 7.87. The van der Waals surface area contributed by atoms with Crippen LogP contribution in [0.5, 0.6) is 0 Å². The van der Waals surface area contributed by atoms with E-state index >= 15 is 0 Å². The van der Waals surface area contributed by atoms with Crippen molar-refractivity contribution < 1.29 is 9.59 Å². The SMILES string of the molecule is O=C(c1ccccc1)N1C(c2[c]c(C3=N[C@@H](c4ccccc4)[C@H](c4ccccc4)N3C(=O)c3ccccc3)ccc2)=N[C@@H](c2ccccc2)[C@@H]1c1ccccc1. The highest BCUT2D eigenvalue weighted by atomic mass is 16.2. The Hall–Kier alpha value is -7.18. The van der Waals surface area contributed by atoms with Gasteiger partial charge in [-0.3, -0.25) is 29.4 Å². The van der Waals surface area contributed by atoms with Crippen LogP contribution in [-0.4, -0.2) is 33.3 Å². The van der Waals surface area contributed by atoms with Gasteiger partial charge in [0.15, 0.2) is 0 Å². The Morgan fingerprint density at radius 1 is 0.375 bits per heavy atom. The van der Waals surface area contributed by atoms with E-state index < -0.39 is 12.1 Å². The van der Waals surface area contributed by atoms with Crippen LogP contribution in [-0.2, 0) is 0 Å². The van der Waals surface area contributed by atoms with Crippen LogP contribution in [0.1, 0.15) is 78.3 Å². The molecule has 0 spiro atoms. The van der Waals surface area contributed by atoms with Gasteiger partial charge in [0.2, 0.25) is 0 Å². The Morgan fingerprint density at radius 3 is 1.02 bits per heavy atom. The van der Waals surface area contributed by atoms with Crippen molar-refractivity contribution in [3.8, 4) is 0 Å². The largest absolute Gasteiger partial charge is 0.282 e. The zero-order chi connectivity index (χ0) is 37.8. The van der Waals surface area contributed by atoms with Gasteiger partial charge in [0.1, 0.15) is 23.8 Å². The molecule has 2 amide bonds. The molecule has 4 atom stereocenters. The highest BCUT2D eigenvalue weighted by molar-refractivity contribution is 6.17. The topological polar surface area (TPSA) is 65.3 Å². The molecule has 269 valence electrons. The molecule has 0 N–H and O–H groups in total. The summed E-state index contributed by atoms with van der Waals surface area (Å²) in [6.45, 7) is 0. The number of hydrogen-bond acceptors (Lipinski definition) is 4. The molecule has 7 aromatic carbocycles. The van der Waals surface area contributed by atoms with Crippen LogP contribution in [0.15, 0.2) is 210 Å². The second kappa shape index (κ2) is 15.3. The lowest BCUT2D eigenvalue weighted by Crippen LogP contribution is -2.39. The molecule has 7 aromatic rings. The predicted molar refractivity (Wildman–Crippen MR) is 220 cm³/mol.